The van der Waals surface area contributed by atoms with E-state index in [4.69, 9.17) is 6.57 Å². The molecule has 0 bridgehead atoms. The Balaban J connectivity index is 2.39. The van der Waals surface area contributed by atoms with Gasteiger partial charge in [-0.1, -0.05) is 37.5 Å². The Labute approximate surface area is 96.1 Å². The van der Waals surface area contributed by atoms with E-state index in [9.17, 15) is 4.39 Å². The Morgan fingerprint density at radius 3 is 2.50 bits per heavy atom. The molecule has 0 aromatic heterocycles. The highest BCUT2D eigenvalue weighted by molar-refractivity contribution is 5.29. The van der Waals surface area contributed by atoms with Gasteiger partial charge in [0, 0.05) is 5.56 Å². The predicted octanol–water partition coefficient (Wildman–Crippen LogP) is 3.95. The Kier molecular flexibility index (Phi) is 3.24. The molecule has 16 heavy (non-hydrogen) atoms. The number of rotatable bonds is 2. The van der Waals surface area contributed by atoms with Crippen molar-refractivity contribution in [3.05, 3.63) is 47.1 Å². The molecule has 1 nitrogen and oxygen atoms in total. The summed E-state index contributed by atoms with van der Waals surface area (Å²) in [5.41, 5.74) is 0.538. The largest absolute Gasteiger partial charge is 0.316 e. The van der Waals surface area contributed by atoms with Crippen LogP contribution in [-0.4, -0.2) is 6.54 Å². The van der Waals surface area contributed by atoms with Gasteiger partial charge in [0.15, 0.2) is 0 Å². The standard InChI is InChI=1S/C14H16FN/c1-16-11-14(9-5-2-6-10-14)12-7-3-4-8-13(12)15/h3-4,7-8H,2,5-6,9-11H2. The fourth-order valence-corrected chi connectivity index (χ4v) is 2.78. The summed E-state index contributed by atoms with van der Waals surface area (Å²) in [6.07, 6.45) is 5.36. The Morgan fingerprint density at radius 1 is 1.19 bits per heavy atom. The molecule has 1 aliphatic carbocycles. The average Bonchev–Trinajstić information content (AvgIpc) is 2.31. The Bertz CT molecular complexity index is 399. The smallest absolute Gasteiger partial charge is 0.224 e. The minimum atomic E-state index is -0.217. The fourth-order valence-electron chi connectivity index (χ4n) is 2.78. The second kappa shape index (κ2) is 4.65. The highest BCUT2D eigenvalue weighted by atomic mass is 19.1. The molecule has 1 aromatic carbocycles. The molecule has 1 fully saturated rings. The maximum absolute atomic E-state index is 13.8. The lowest BCUT2D eigenvalue weighted by molar-refractivity contribution is 0.304. The van der Waals surface area contributed by atoms with Crippen LogP contribution in [0.3, 0.4) is 0 Å². The first-order valence-electron chi connectivity index (χ1n) is 5.87. The summed E-state index contributed by atoms with van der Waals surface area (Å²) < 4.78 is 13.8. The zero-order chi connectivity index (χ0) is 11.4. The highest BCUT2D eigenvalue weighted by Crippen LogP contribution is 2.40. The van der Waals surface area contributed by atoms with E-state index in [-0.39, 0.29) is 11.2 Å². The number of nitrogens with zero attached hydrogens (tertiary/aromatic N) is 1. The van der Waals surface area contributed by atoms with Gasteiger partial charge < -0.3 is 4.85 Å². The maximum atomic E-state index is 13.8. The molecule has 0 radical (unpaired) electrons. The van der Waals surface area contributed by atoms with Crippen LogP contribution < -0.4 is 0 Å². The summed E-state index contributed by atoms with van der Waals surface area (Å²) >= 11 is 0. The number of hydrogen-bond donors (Lipinski definition) is 0. The molecule has 0 spiro atoms. The van der Waals surface area contributed by atoms with E-state index in [1.54, 1.807) is 6.07 Å². The minimum absolute atomic E-state index is 0.145. The molecule has 84 valence electrons. The molecule has 0 atom stereocenters. The van der Waals surface area contributed by atoms with E-state index in [1.165, 1.54) is 12.5 Å². The van der Waals surface area contributed by atoms with Gasteiger partial charge in [0.25, 0.3) is 0 Å². The summed E-state index contributed by atoms with van der Waals surface area (Å²) in [7, 11) is 0. The number of hydrogen-bond acceptors (Lipinski definition) is 0. The van der Waals surface area contributed by atoms with Crippen molar-refractivity contribution < 1.29 is 4.39 Å². The molecule has 0 aliphatic heterocycles. The normalized spacial score (nSPS) is 19.0. The van der Waals surface area contributed by atoms with Crippen LogP contribution in [-0.2, 0) is 5.41 Å². The van der Waals surface area contributed by atoms with E-state index in [2.05, 4.69) is 4.85 Å². The molecule has 0 amide bonds. The first-order valence-corrected chi connectivity index (χ1v) is 5.87. The van der Waals surface area contributed by atoms with Gasteiger partial charge in [0.2, 0.25) is 6.54 Å². The average molecular weight is 217 g/mol. The van der Waals surface area contributed by atoms with E-state index in [0.717, 1.165) is 31.2 Å². The van der Waals surface area contributed by atoms with Crippen molar-refractivity contribution in [1.82, 2.24) is 0 Å². The first-order chi connectivity index (χ1) is 7.78. The SMILES string of the molecule is [C-]#[N+]CC1(c2ccccc2F)CCCCC1. The summed E-state index contributed by atoms with van der Waals surface area (Å²) in [5, 5.41) is 0. The van der Waals surface area contributed by atoms with Crippen LogP contribution in [0, 0.1) is 12.4 Å². The van der Waals surface area contributed by atoms with Crippen LogP contribution in [0.15, 0.2) is 24.3 Å². The molecular formula is C14H16FN. The summed E-state index contributed by atoms with van der Waals surface area (Å²) in [6.45, 7) is 7.51. The van der Waals surface area contributed by atoms with Crippen LogP contribution in [0.1, 0.15) is 37.7 Å². The van der Waals surface area contributed by atoms with E-state index >= 15 is 0 Å². The van der Waals surface area contributed by atoms with E-state index in [0.29, 0.717) is 6.54 Å². The van der Waals surface area contributed by atoms with Crippen molar-refractivity contribution in [3.8, 4) is 0 Å². The zero-order valence-corrected chi connectivity index (χ0v) is 9.38. The number of benzene rings is 1. The van der Waals surface area contributed by atoms with Crippen LogP contribution in [0.5, 0.6) is 0 Å². The van der Waals surface area contributed by atoms with Gasteiger partial charge in [0.1, 0.15) is 5.82 Å². The van der Waals surface area contributed by atoms with Gasteiger partial charge in [-0.3, -0.25) is 0 Å². The van der Waals surface area contributed by atoms with Crippen LogP contribution in [0.2, 0.25) is 0 Å². The number of halogens is 1. The topological polar surface area (TPSA) is 4.36 Å². The minimum Gasteiger partial charge on any atom is -0.316 e. The summed E-state index contributed by atoms with van der Waals surface area (Å²) in [4.78, 5) is 3.53. The van der Waals surface area contributed by atoms with Crippen LogP contribution in [0.4, 0.5) is 4.39 Å². The predicted molar refractivity (Wildman–Crippen MR) is 62.6 cm³/mol. The van der Waals surface area contributed by atoms with Crippen molar-refractivity contribution in [2.24, 2.45) is 0 Å². The molecule has 0 saturated heterocycles. The van der Waals surface area contributed by atoms with Gasteiger partial charge in [-0.2, -0.15) is 0 Å². The van der Waals surface area contributed by atoms with Crippen LogP contribution in [0.25, 0.3) is 4.85 Å². The van der Waals surface area contributed by atoms with Crippen molar-refractivity contribution in [3.63, 3.8) is 0 Å². The first kappa shape index (κ1) is 11.1. The molecule has 0 heterocycles. The zero-order valence-electron chi connectivity index (χ0n) is 9.38. The Hall–Kier alpha value is -1.36. The summed E-state index contributed by atoms with van der Waals surface area (Å²) in [5.74, 6) is -0.145. The van der Waals surface area contributed by atoms with Gasteiger partial charge in [0.05, 0.1) is 5.41 Å². The van der Waals surface area contributed by atoms with Gasteiger partial charge >= 0.3 is 0 Å². The van der Waals surface area contributed by atoms with Crippen molar-refractivity contribution in [2.75, 3.05) is 6.54 Å². The molecule has 2 rings (SSSR count). The lowest BCUT2D eigenvalue weighted by atomic mass is 9.69. The van der Waals surface area contributed by atoms with E-state index < -0.39 is 0 Å². The third-order valence-electron chi connectivity index (χ3n) is 3.64. The highest BCUT2D eigenvalue weighted by Gasteiger charge is 2.38. The molecule has 1 aromatic rings. The second-order valence-electron chi connectivity index (χ2n) is 4.64. The second-order valence-corrected chi connectivity index (χ2v) is 4.64. The molecular weight excluding hydrogens is 201 g/mol. The molecule has 1 aliphatic rings. The molecule has 1 saturated carbocycles. The maximum Gasteiger partial charge on any atom is 0.224 e. The lowest BCUT2D eigenvalue weighted by Crippen LogP contribution is -2.32. The van der Waals surface area contributed by atoms with Crippen molar-refractivity contribution in [2.45, 2.75) is 37.5 Å². The van der Waals surface area contributed by atoms with Gasteiger partial charge in [-0.05, 0) is 18.9 Å². The third kappa shape index (κ3) is 1.95. The lowest BCUT2D eigenvalue weighted by Gasteiger charge is -2.33. The third-order valence-corrected chi connectivity index (χ3v) is 3.64. The molecule has 0 N–H and O–H groups in total. The monoisotopic (exact) mass is 217 g/mol. The van der Waals surface area contributed by atoms with Crippen molar-refractivity contribution >= 4 is 0 Å². The Morgan fingerprint density at radius 2 is 1.88 bits per heavy atom. The fraction of sp³-hybridized carbons (Fsp3) is 0.500. The quantitative estimate of drug-likeness (QED) is 0.661. The van der Waals surface area contributed by atoms with E-state index in [1.807, 2.05) is 12.1 Å². The molecule has 0 unspecified atom stereocenters. The van der Waals surface area contributed by atoms with Gasteiger partial charge in [-0.15, -0.1) is 0 Å². The molecule has 2 heteroatoms. The summed E-state index contributed by atoms with van der Waals surface area (Å²) in [6, 6.07) is 6.95. The van der Waals surface area contributed by atoms with Crippen LogP contribution >= 0.6 is 0 Å². The van der Waals surface area contributed by atoms with Gasteiger partial charge in [-0.25, -0.2) is 11.0 Å². The van der Waals surface area contributed by atoms with Crippen molar-refractivity contribution in [1.29, 1.82) is 0 Å².